The number of halogens is 2. The first-order valence-corrected chi connectivity index (χ1v) is 8.67. The van der Waals surface area contributed by atoms with Gasteiger partial charge in [0.2, 0.25) is 0 Å². The molecule has 3 rings (SSSR count). The highest BCUT2D eigenvalue weighted by Crippen LogP contribution is 2.35. The van der Waals surface area contributed by atoms with Crippen LogP contribution in [-0.2, 0) is 9.53 Å². The second-order valence-corrected chi connectivity index (χ2v) is 6.46. The molecule has 1 aromatic carbocycles. The Bertz CT molecular complexity index is 904. The maximum absolute atomic E-state index is 12.3. The molecule has 0 saturated carbocycles. The molecule has 0 spiro atoms. The van der Waals surface area contributed by atoms with Crippen molar-refractivity contribution < 1.29 is 18.7 Å². The smallest absolute Gasteiger partial charge is 0.338 e. The third-order valence-corrected chi connectivity index (χ3v) is 4.43. The van der Waals surface area contributed by atoms with Crippen molar-refractivity contribution in [1.82, 2.24) is 10.6 Å². The second kappa shape index (κ2) is 7.43. The summed E-state index contributed by atoms with van der Waals surface area (Å²) < 4.78 is 11.0. The lowest BCUT2D eigenvalue weighted by Crippen LogP contribution is -2.45. The predicted molar refractivity (Wildman–Crippen MR) is 97.9 cm³/mol. The average molecular weight is 395 g/mol. The van der Waals surface area contributed by atoms with Crippen molar-refractivity contribution in [2.24, 2.45) is 0 Å². The molecule has 0 aliphatic carbocycles. The fourth-order valence-electron chi connectivity index (χ4n) is 2.73. The Morgan fingerprint density at radius 2 is 2.04 bits per heavy atom. The minimum absolute atomic E-state index is 0.220. The number of urea groups is 1. The Balaban J connectivity index is 2.01. The normalized spacial score (nSPS) is 16.9. The molecule has 1 aliphatic heterocycles. The van der Waals surface area contributed by atoms with Gasteiger partial charge in [-0.25, -0.2) is 9.59 Å². The zero-order chi connectivity index (χ0) is 18.8. The number of carbonyl (C=O) groups excluding carboxylic acids is 2. The molecular weight excluding hydrogens is 379 g/mol. The quantitative estimate of drug-likeness (QED) is 0.750. The Kier molecular flexibility index (Phi) is 5.25. The third kappa shape index (κ3) is 3.57. The standard InChI is InChI=1S/C18H16Cl2N2O4/c1-3-25-17(23)15-9(2)21-18(24)22-16(15)14-7-6-13(26-14)11-8-10(19)4-5-12(11)20/h4-8,16H,3H2,1-2H3,(H2,21,22,24)/t16-/m1/s1. The minimum Gasteiger partial charge on any atom is -0.463 e. The first kappa shape index (κ1) is 18.4. The van der Waals surface area contributed by atoms with Crippen LogP contribution in [0.15, 0.2) is 46.0 Å². The van der Waals surface area contributed by atoms with E-state index in [-0.39, 0.29) is 12.2 Å². The van der Waals surface area contributed by atoms with Crippen LogP contribution < -0.4 is 10.6 Å². The summed E-state index contributed by atoms with van der Waals surface area (Å²) in [6.45, 7) is 3.57. The summed E-state index contributed by atoms with van der Waals surface area (Å²) in [5.41, 5.74) is 1.31. The maximum atomic E-state index is 12.3. The molecule has 0 saturated heterocycles. The largest absolute Gasteiger partial charge is 0.463 e. The number of ether oxygens (including phenoxy) is 1. The monoisotopic (exact) mass is 394 g/mol. The maximum Gasteiger partial charge on any atom is 0.338 e. The molecule has 6 nitrogen and oxygen atoms in total. The van der Waals surface area contributed by atoms with Gasteiger partial charge in [-0.1, -0.05) is 23.2 Å². The molecule has 1 atom stereocenters. The van der Waals surface area contributed by atoms with Crippen molar-refractivity contribution >= 4 is 35.2 Å². The number of benzene rings is 1. The van der Waals surface area contributed by atoms with E-state index in [4.69, 9.17) is 32.4 Å². The first-order valence-electron chi connectivity index (χ1n) is 7.91. The molecule has 2 amide bonds. The van der Waals surface area contributed by atoms with Gasteiger partial charge in [0.1, 0.15) is 17.6 Å². The van der Waals surface area contributed by atoms with E-state index in [0.29, 0.717) is 32.8 Å². The van der Waals surface area contributed by atoms with E-state index in [1.165, 1.54) is 0 Å². The van der Waals surface area contributed by atoms with Gasteiger partial charge in [-0.05, 0) is 44.2 Å². The number of allylic oxidation sites excluding steroid dienone is 1. The summed E-state index contributed by atoms with van der Waals surface area (Å²) in [5.74, 6) is 0.329. The Morgan fingerprint density at radius 1 is 1.27 bits per heavy atom. The summed E-state index contributed by atoms with van der Waals surface area (Å²) in [7, 11) is 0. The van der Waals surface area contributed by atoms with Crippen molar-refractivity contribution in [2.75, 3.05) is 6.61 Å². The van der Waals surface area contributed by atoms with Gasteiger partial charge in [-0.2, -0.15) is 0 Å². The van der Waals surface area contributed by atoms with Gasteiger partial charge < -0.3 is 19.8 Å². The number of hydrogen-bond acceptors (Lipinski definition) is 4. The molecule has 0 unspecified atom stereocenters. The van der Waals surface area contributed by atoms with E-state index in [1.807, 2.05) is 0 Å². The number of furan rings is 1. The molecular formula is C18H16Cl2N2O4. The van der Waals surface area contributed by atoms with Gasteiger partial charge >= 0.3 is 12.0 Å². The van der Waals surface area contributed by atoms with Crippen molar-refractivity contribution in [3.63, 3.8) is 0 Å². The summed E-state index contributed by atoms with van der Waals surface area (Å²) >= 11 is 12.2. The van der Waals surface area contributed by atoms with Crippen molar-refractivity contribution in [3.8, 4) is 11.3 Å². The Morgan fingerprint density at radius 3 is 2.77 bits per heavy atom. The topological polar surface area (TPSA) is 80.6 Å². The van der Waals surface area contributed by atoms with E-state index in [2.05, 4.69) is 10.6 Å². The summed E-state index contributed by atoms with van der Waals surface area (Å²) in [5, 5.41) is 6.24. The fraction of sp³-hybridized carbons (Fsp3) is 0.222. The summed E-state index contributed by atoms with van der Waals surface area (Å²) in [4.78, 5) is 24.2. The van der Waals surface area contributed by atoms with Gasteiger partial charge in [-0.15, -0.1) is 0 Å². The van der Waals surface area contributed by atoms with Crippen LogP contribution in [0.25, 0.3) is 11.3 Å². The predicted octanol–water partition coefficient (Wildman–Crippen LogP) is 4.44. The SMILES string of the molecule is CCOC(=O)C1=C(C)NC(=O)N[C@@H]1c1ccc(-c2cc(Cl)ccc2Cl)o1. The van der Waals surface area contributed by atoms with Gasteiger partial charge in [0.25, 0.3) is 0 Å². The van der Waals surface area contributed by atoms with Gasteiger partial charge in [0, 0.05) is 16.3 Å². The molecule has 0 radical (unpaired) electrons. The van der Waals surface area contributed by atoms with Crippen LogP contribution in [0, 0.1) is 0 Å². The molecule has 0 bridgehead atoms. The van der Waals surface area contributed by atoms with E-state index in [1.54, 1.807) is 44.2 Å². The van der Waals surface area contributed by atoms with Gasteiger partial charge in [-0.3, -0.25) is 0 Å². The van der Waals surface area contributed by atoms with E-state index < -0.39 is 18.0 Å². The van der Waals surface area contributed by atoms with Crippen LogP contribution in [0.1, 0.15) is 25.6 Å². The zero-order valence-corrected chi connectivity index (χ0v) is 15.6. The number of rotatable bonds is 4. The molecule has 8 heteroatoms. The number of hydrogen-bond donors (Lipinski definition) is 2. The third-order valence-electron chi connectivity index (χ3n) is 3.87. The zero-order valence-electron chi connectivity index (χ0n) is 14.1. The molecule has 2 heterocycles. The van der Waals surface area contributed by atoms with Gasteiger partial charge in [0.05, 0.1) is 17.2 Å². The number of carbonyl (C=O) groups is 2. The molecule has 2 N–H and O–H groups in total. The lowest BCUT2D eigenvalue weighted by molar-refractivity contribution is -0.139. The first-order chi connectivity index (χ1) is 12.4. The second-order valence-electron chi connectivity index (χ2n) is 5.62. The fourth-order valence-corrected chi connectivity index (χ4v) is 3.11. The minimum atomic E-state index is -0.769. The van der Waals surface area contributed by atoms with Crippen LogP contribution in [0.4, 0.5) is 4.79 Å². The van der Waals surface area contributed by atoms with Crippen LogP contribution in [0.3, 0.4) is 0 Å². The molecule has 1 aliphatic rings. The molecule has 136 valence electrons. The van der Waals surface area contributed by atoms with Crippen molar-refractivity contribution in [3.05, 3.63) is 57.4 Å². The number of esters is 1. The highest BCUT2D eigenvalue weighted by atomic mass is 35.5. The van der Waals surface area contributed by atoms with Gasteiger partial charge in [0.15, 0.2) is 0 Å². The lowest BCUT2D eigenvalue weighted by atomic mass is 10.0. The average Bonchev–Trinajstić information content (AvgIpc) is 3.06. The van der Waals surface area contributed by atoms with Crippen LogP contribution >= 0.6 is 23.2 Å². The molecule has 26 heavy (non-hydrogen) atoms. The molecule has 1 aromatic heterocycles. The Hall–Kier alpha value is -2.44. The highest BCUT2D eigenvalue weighted by Gasteiger charge is 2.34. The summed E-state index contributed by atoms with van der Waals surface area (Å²) in [6.07, 6.45) is 0. The molecule has 0 fully saturated rings. The lowest BCUT2D eigenvalue weighted by Gasteiger charge is -2.26. The number of amides is 2. The Labute approximate surface area is 160 Å². The highest BCUT2D eigenvalue weighted by molar-refractivity contribution is 6.35. The van der Waals surface area contributed by atoms with Crippen LogP contribution in [0.2, 0.25) is 10.0 Å². The van der Waals surface area contributed by atoms with E-state index >= 15 is 0 Å². The van der Waals surface area contributed by atoms with E-state index in [0.717, 1.165) is 0 Å². The van der Waals surface area contributed by atoms with E-state index in [9.17, 15) is 9.59 Å². The number of nitrogens with one attached hydrogen (secondary N) is 2. The van der Waals surface area contributed by atoms with Crippen LogP contribution in [0.5, 0.6) is 0 Å². The van der Waals surface area contributed by atoms with Crippen molar-refractivity contribution in [2.45, 2.75) is 19.9 Å². The summed E-state index contributed by atoms with van der Waals surface area (Å²) in [6, 6.07) is 7.21. The molecule has 2 aromatic rings. The van der Waals surface area contributed by atoms with Crippen LogP contribution in [-0.4, -0.2) is 18.6 Å². The van der Waals surface area contributed by atoms with Crippen molar-refractivity contribution in [1.29, 1.82) is 0 Å².